The topological polar surface area (TPSA) is 104 Å². The van der Waals surface area contributed by atoms with Crippen LogP contribution in [0.3, 0.4) is 0 Å². The second kappa shape index (κ2) is 11.1. The van der Waals surface area contributed by atoms with E-state index < -0.39 is 0 Å². The van der Waals surface area contributed by atoms with E-state index in [0.29, 0.717) is 22.6 Å². The van der Waals surface area contributed by atoms with E-state index in [9.17, 15) is 4.79 Å². The van der Waals surface area contributed by atoms with Crippen LogP contribution in [-0.2, 0) is 11.3 Å². The lowest BCUT2D eigenvalue weighted by Gasteiger charge is -2.35. The molecule has 10 nitrogen and oxygen atoms in total. The number of halogens is 1. The fourth-order valence-corrected chi connectivity index (χ4v) is 4.57. The molecular weight excluding hydrogens is 502 g/mol. The van der Waals surface area contributed by atoms with Crippen molar-refractivity contribution in [1.29, 1.82) is 0 Å². The van der Waals surface area contributed by atoms with Gasteiger partial charge in [0.25, 0.3) is 0 Å². The number of carbonyl (C=O) groups is 1. The fraction of sp³-hybridized carbons (Fsp3) is 0.296. The number of hydrogen-bond acceptors (Lipinski definition) is 8. The molecule has 1 fully saturated rings. The molecule has 3 heterocycles. The first kappa shape index (κ1) is 25.5. The number of benzene rings is 2. The monoisotopic (exact) mass is 531 g/mol. The number of para-hydroxylation sites is 1. The summed E-state index contributed by atoms with van der Waals surface area (Å²) in [5.41, 5.74) is 3.62. The van der Waals surface area contributed by atoms with Crippen LogP contribution in [0.1, 0.15) is 19.7 Å². The van der Waals surface area contributed by atoms with Gasteiger partial charge in [0.2, 0.25) is 11.9 Å². The lowest BCUT2D eigenvalue weighted by molar-refractivity contribution is -0.129. The molecule has 2 aromatic carbocycles. The smallest absolute Gasteiger partial charge is 0.229 e. The zero-order chi connectivity index (χ0) is 26.6. The van der Waals surface area contributed by atoms with E-state index in [4.69, 9.17) is 11.6 Å². The van der Waals surface area contributed by atoms with Crippen molar-refractivity contribution in [3.05, 3.63) is 65.6 Å². The molecular formula is C27H30ClN9O. The lowest BCUT2D eigenvalue weighted by atomic mass is 10.1. The number of aryl methyl sites for hydroxylation is 2. The van der Waals surface area contributed by atoms with Crippen molar-refractivity contribution in [3.8, 4) is 11.4 Å². The van der Waals surface area contributed by atoms with Gasteiger partial charge in [-0.15, -0.1) is 0 Å². The largest absolute Gasteiger partial charge is 0.368 e. The van der Waals surface area contributed by atoms with Crippen LogP contribution in [0.4, 0.5) is 28.8 Å². The fourth-order valence-electron chi connectivity index (χ4n) is 4.43. The van der Waals surface area contributed by atoms with E-state index >= 15 is 0 Å². The number of aromatic nitrogens is 5. The van der Waals surface area contributed by atoms with E-state index in [1.165, 1.54) is 0 Å². The number of amides is 1. The minimum Gasteiger partial charge on any atom is -0.368 e. The van der Waals surface area contributed by atoms with Gasteiger partial charge in [-0.2, -0.15) is 10.1 Å². The van der Waals surface area contributed by atoms with Gasteiger partial charge in [-0.25, -0.2) is 9.97 Å². The summed E-state index contributed by atoms with van der Waals surface area (Å²) < 4.78 is 1.86. The van der Waals surface area contributed by atoms with Crippen LogP contribution >= 0.6 is 11.6 Å². The van der Waals surface area contributed by atoms with Gasteiger partial charge in [-0.05, 0) is 50.2 Å². The van der Waals surface area contributed by atoms with Crippen molar-refractivity contribution in [2.45, 2.75) is 27.3 Å². The third kappa shape index (κ3) is 5.55. The minimum atomic E-state index is 0.128. The summed E-state index contributed by atoms with van der Waals surface area (Å²) in [7, 11) is 0. The first-order valence-corrected chi connectivity index (χ1v) is 13.0. The molecule has 38 heavy (non-hydrogen) atoms. The van der Waals surface area contributed by atoms with Gasteiger partial charge in [0, 0.05) is 56.6 Å². The molecule has 2 N–H and O–H groups in total. The van der Waals surface area contributed by atoms with Gasteiger partial charge < -0.3 is 20.4 Å². The minimum absolute atomic E-state index is 0.128. The van der Waals surface area contributed by atoms with Gasteiger partial charge in [-0.1, -0.05) is 23.7 Å². The molecule has 0 atom stereocenters. The Morgan fingerprint density at radius 2 is 1.74 bits per heavy atom. The molecule has 1 aliphatic rings. The molecule has 0 saturated carbocycles. The van der Waals surface area contributed by atoms with Crippen molar-refractivity contribution >= 4 is 46.3 Å². The highest BCUT2D eigenvalue weighted by Gasteiger charge is 2.19. The van der Waals surface area contributed by atoms with E-state index in [2.05, 4.69) is 47.7 Å². The third-order valence-corrected chi connectivity index (χ3v) is 6.81. The summed E-state index contributed by atoms with van der Waals surface area (Å²) in [5.74, 6) is 2.51. The van der Waals surface area contributed by atoms with Crippen molar-refractivity contribution in [2.24, 2.45) is 0 Å². The number of nitrogens with zero attached hydrogens (tertiary/aromatic N) is 7. The molecule has 0 aliphatic carbocycles. The number of carbonyl (C=O) groups excluding carboxylic acids is 1. The van der Waals surface area contributed by atoms with E-state index in [1.807, 2.05) is 59.8 Å². The Morgan fingerprint density at radius 1 is 1.00 bits per heavy atom. The van der Waals surface area contributed by atoms with Crippen molar-refractivity contribution < 1.29 is 4.79 Å². The first-order chi connectivity index (χ1) is 18.4. The molecule has 196 valence electrons. The maximum atomic E-state index is 11.6. The SMILES string of the molecule is CCn1nc(-c2ccccc2Nc2nc(Nc3ccc(N4CCN(C(C)=O)CC4)cc3)ncc2Cl)nc1C. The summed E-state index contributed by atoms with van der Waals surface area (Å²) in [4.78, 5) is 29.3. The summed E-state index contributed by atoms with van der Waals surface area (Å²) in [6.45, 7) is 9.46. The Morgan fingerprint density at radius 3 is 2.42 bits per heavy atom. The van der Waals surface area contributed by atoms with E-state index in [0.717, 1.165) is 61.2 Å². The average Bonchev–Trinajstić information content (AvgIpc) is 3.31. The molecule has 0 unspecified atom stereocenters. The maximum absolute atomic E-state index is 11.6. The Balaban J connectivity index is 1.30. The molecule has 0 bridgehead atoms. The molecule has 1 aliphatic heterocycles. The van der Waals surface area contributed by atoms with Crippen molar-refractivity contribution in [1.82, 2.24) is 29.6 Å². The molecule has 0 spiro atoms. The van der Waals surface area contributed by atoms with Crippen LogP contribution in [0, 0.1) is 6.92 Å². The first-order valence-electron chi connectivity index (χ1n) is 12.6. The molecule has 1 saturated heterocycles. The predicted octanol–water partition coefficient (Wildman–Crippen LogP) is 4.87. The van der Waals surface area contributed by atoms with Gasteiger partial charge in [0.15, 0.2) is 11.6 Å². The molecule has 2 aromatic heterocycles. The summed E-state index contributed by atoms with van der Waals surface area (Å²) in [6.07, 6.45) is 1.57. The van der Waals surface area contributed by atoms with Gasteiger partial charge in [-0.3, -0.25) is 9.48 Å². The third-order valence-electron chi connectivity index (χ3n) is 6.53. The van der Waals surface area contributed by atoms with Crippen LogP contribution in [0.25, 0.3) is 11.4 Å². The van der Waals surface area contributed by atoms with Gasteiger partial charge >= 0.3 is 0 Å². The van der Waals surface area contributed by atoms with Crippen LogP contribution in [0.2, 0.25) is 5.02 Å². The number of anilines is 5. The van der Waals surface area contributed by atoms with E-state index in [-0.39, 0.29) is 5.91 Å². The second-order valence-corrected chi connectivity index (χ2v) is 9.43. The molecule has 5 rings (SSSR count). The van der Waals surface area contributed by atoms with Crippen molar-refractivity contribution in [3.63, 3.8) is 0 Å². The molecule has 4 aromatic rings. The second-order valence-electron chi connectivity index (χ2n) is 9.02. The number of piperazine rings is 1. The Kier molecular flexibility index (Phi) is 7.41. The summed E-state index contributed by atoms with van der Waals surface area (Å²) >= 11 is 6.46. The number of rotatable bonds is 7. The Hall–Kier alpha value is -4.18. The van der Waals surface area contributed by atoms with Gasteiger partial charge in [0.1, 0.15) is 10.8 Å². The zero-order valence-electron chi connectivity index (χ0n) is 21.6. The summed E-state index contributed by atoms with van der Waals surface area (Å²) in [6, 6.07) is 15.9. The number of hydrogen-bond donors (Lipinski definition) is 2. The lowest BCUT2D eigenvalue weighted by Crippen LogP contribution is -2.48. The maximum Gasteiger partial charge on any atom is 0.229 e. The normalized spacial score (nSPS) is 13.5. The number of nitrogens with one attached hydrogen (secondary N) is 2. The van der Waals surface area contributed by atoms with Gasteiger partial charge in [0.05, 0.1) is 11.9 Å². The van der Waals surface area contributed by atoms with Crippen molar-refractivity contribution in [2.75, 3.05) is 41.7 Å². The van der Waals surface area contributed by atoms with Crippen LogP contribution < -0.4 is 15.5 Å². The zero-order valence-corrected chi connectivity index (χ0v) is 22.4. The Bertz CT molecular complexity index is 1430. The predicted molar refractivity (Wildman–Crippen MR) is 150 cm³/mol. The van der Waals surface area contributed by atoms with Crippen LogP contribution in [-0.4, -0.2) is 61.7 Å². The molecule has 1 amide bonds. The highest BCUT2D eigenvalue weighted by atomic mass is 35.5. The van der Waals surface area contributed by atoms with E-state index in [1.54, 1.807) is 13.1 Å². The summed E-state index contributed by atoms with van der Waals surface area (Å²) in [5, 5.41) is 11.6. The van der Waals surface area contributed by atoms with Crippen LogP contribution in [0.5, 0.6) is 0 Å². The highest BCUT2D eigenvalue weighted by Crippen LogP contribution is 2.31. The Labute approximate surface area is 226 Å². The quantitative estimate of drug-likeness (QED) is 0.348. The highest BCUT2D eigenvalue weighted by molar-refractivity contribution is 6.33. The molecule has 0 radical (unpaired) electrons. The average molecular weight is 532 g/mol. The van der Waals surface area contributed by atoms with Crippen LogP contribution in [0.15, 0.2) is 54.7 Å². The standard InChI is InChI=1S/C27H30ClN9O/c1-4-37-18(2)30-25(34-37)22-7-5-6-8-24(22)32-26-23(28)17-29-27(33-26)31-20-9-11-21(12-10-20)36-15-13-35(14-16-36)19(3)38/h5-12,17H,4,13-16H2,1-3H3,(H2,29,31,32,33). The molecule has 11 heteroatoms.